The van der Waals surface area contributed by atoms with Crippen LogP contribution in [0.15, 0.2) is 0 Å². The third-order valence-electron chi connectivity index (χ3n) is 8.81. The van der Waals surface area contributed by atoms with Crippen LogP contribution < -0.4 is 5.32 Å². The van der Waals surface area contributed by atoms with Gasteiger partial charge in [-0.2, -0.15) is 0 Å². The highest BCUT2D eigenvalue weighted by molar-refractivity contribution is 5.73. The second-order valence-corrected chi connectivity index (χ2v) is 12.1. The Labute approximate surface area is 274 Å². The second kappa shape index (κ2) is 16.8. The molecule has 0 aliphatic carbocycles. The molecule has 0 radical (unpaired) electrons. The Hall–Kier alpha value is -1.29. The normalized spacial score (nSPS) is 50.2. The summed E-state index contributed by atoms with van der Waals surface area (Å²) < 4.78 is 45.2. The van der Waals surface area contributed by atoms with Gasteiger partial charge in [-0.3, -0.25) is 4.79 Å². The Balaban J connectivity index is 1.74. The van der Waals surface area contributed by atoms with Gasteiger partial charge < -0.3 is 99.4 Å². The van der Waals surface area contributed by atoms with Crippen LogP contribution in [0.25, 0.3) is 0 Å². The third-order valence-corrected chi connectivity index (χ3v) is 8.81. The average molecular weight is 706 g/mol. The second-order valence-electron chi connectivity index (χ2n) is 12.1. The molecular weight excluding hydrogens is 658 g/mol. The number of methoxy groups -OCH3 is 1. The molecule has 0 unspecified atom stereocenters. The minimum atomic E-state index is -1.94. The SMILES string of the molecule is CO[C@H]1[C@@H](O)[C@@H](CO)O[C@@H](O[C@H]2[C@H](O[C@@H]3O[C@@H](C)[C@@H](O)[C@@H](O)[C@@H]3O)[C@@H](NC(C)=O)[C@H](O[C@@H]3[C@@H](O)[C@H](O)O[C@H](CO)[C@@H]3O)O[C@@H]2CO)[C@@H]1O. The van der Waals surface area contributed by atoms with Crippen LogP contribution in [0.4, 0.5) is 0 Å². The summed E-state index contributed by atoms with van der Waals surface area (Å²) >= 11 is 0. The van der Waals surface area contributed by atoms with Crippen molar-refractivity contribution in [3.05, 3.63) is 0 Å². The Morgan fingerprint density at radius 1 is 0.583 bits per heavy atom. The highest BCUT2D eigenvalue weighted by Gasteiger charge is 2.56. The number of ether oxygens (including phenoxy) is 8. The van der Waals surface area contributed by atoms with Gasteiger partial charge in [-0.25, -0.2) is 0 Å². The average Bonchev–Trinajstić information content (AvgIpc) is 3.05. The molecule has 280 valence electrons. The van der Waals surface area contributed by atoms with E-state index in [9.17, 15) is 61.0 Å². The maximum Gasteiger partial charge on any atom is 0.217 e. The first kappa shape index (κ1) is 39.5. The summed E-state index contributed by atoms with van der Waals surface area (Å²) in [6.45, 7) is 0.0252. The molecule has 48 heavy (non-hydrogen) atoms. The monoisotopic (exact) mass is 705 g/mol. The lowest BCUT2D eigenvalue weighted by atomic mass is 9.93. The van der Waals surface area contributed by atoms with Crippen molar-refractivity contribution in [3.63, 3.8) is 0 Å². The Kier molecular flexibility index (Phi) is 13.8. The summed E-state index contributed by atoms with van der Waals surface area (Å²) in [7, 11) is 1.18. The van der Waals surface area contributed by atoms with Crippen molar-refractivity contribution in [2.24, 2.45) is 0 Å². The van der Waals surface area contributed by atoms with Gasteiger partial charge in [-0.1, -0.05) is 0 Å². The first-order valence-corrected chi connectivity index (χ1v) is 15.3. The lowest BCUT2D eigenvalue weighted by molar-refractivity contribution is -0.385. The van der Waals surface area contributed by atoms with Crippen LogP contribution in [0.2, 0.25) is 0 Å². The standard InChI is InChI=1S/C27H47NO20/c1-7-13(33)16(36)17(37)26(42-7)47-21-12(28-8(2)32)25(48-23-15(35)9(4-29)43-24(40)18(23)38)45-11(6-31)20(21)46-27-19(39)22(41-3)14(34)10(5-30)44-27/h7,9-27,29-31,33-40H,4-6H2,1-3H3,(H,28,32)/t7-,9+,10+,11+,12+,13+,14-,15-,16+,17-,18+,19+,20+,21+,22-,23-,24+,25-,26-,27-/m0/s1. The fourth-order valence-electron chi connectivity index (χ4n) is 6.14. The topological polar surface area (TPSA) is 325 Å². The first-order chi connectivity index (χ1) is 22.7. The van der Waals surface area contributed by atoms with Crippen LogP contribution in [0.3, 0.4) is 0 Å². The maximum atomic E-state index is 12.5. The number of amides is 1. The molecule has 21 nitrogen and oxygen atoms in total. The predicted octanol–water partition coefficient (Wildman–Crippen LogP) is -7.92. The van der Waals surface area contributed by atoms with E-state index in [0.29, 0.717) is 0 Å². The van der Waals surface area contributed by atoms with Crippen molar-refractivity contribution in [2.45, 2.75) is 137 Å². The van der Waals surface area contributed by atoms with E-state index in [2.05, 4.69) is 5.32 Å². The molecular formula is C27H47NO20. The molecule has 4 saturated heterocycles. The number of aliphatic hydroxyl groups is 11. The van der Waals surface area contributed by atoms with Crippen molar-refractivity contribution in [1.82, 2.24) is 5.32 Å². The molecule has 0 aromatic carbocycles. The number of hydrogen-bond donors (Lipinski definition) is 12. The van der Waals surface area contributed by atoms with Crippen LogP contribution in [-0.4, -0.2) is 212 Å². The number of carbonyl (C=O) groups is 1. The summed E-state index contributed by atoms with van der Waals surface area (Å²) in [5.41, 5.74) is 0. The van der Waals surface area contributed by atoms with Crippen LogP contribution in [0, 0.1) is 0 Å². The van der Waals surface area contributed by atoms with E-state index in [4.69, 9.17) is 37.9 Å². The van der Waals surface area contributed by atoms with Crippen LogP contribution in [0.1, 0.15) is 13.8 Å². The zero-order chi connectivity index (χ0) is 35.6. The summed E-state index contributed by atoms with van der Waals surface area (Å²) in [4.78, 5) is 12.5. The van der Waals surface area contributed by atoms with E-state index in [-0.39, 0.29) is 0 Å². The van der Waals surface area contributed by atoms with Gasteiger partial charge in [-0.15, -0.1) is 0 Å². The molecule has 4 fully saturated rings. The molecule has 0 saturated carbocycles. The van der Waals surface area contributed by atoms with E-state index in [1.807, 2.05) is 0 Å². The third kappa shape index (κ3) is 8.10. The molecule has 0 aromatic rings. The molecule has 21 heteroatoms. The molecule has 0 bridgehead atoms. The number of aliphatic hydroxyl groups excluding tert-OH is 11. The summed E-state index contributed by atoms with van der Waals surface area (Å²) in [6, 6.07) is -1.57. The van der Waals surface area contributed by atoms with E-state index in [1.54, 1.807) is 0 Å². The van der Waals surface area contributed by atoms with Gasteiger partial charge in [0.15, 0.2) is 25.2 Å². The van der Waals surface area contributed by atoms with Gasteiger partial charge in [0.2, 0.25) is 5.91 Å². The van der Waals surface area contributed by atoms with E-state index >= 15 is 0 Å². The van der Waals surface area contributed by atoms with Gasteiger partial charge in [-0.05, 0) is 6.92 Å². The molecule has 20 atom stereocenters. The molecule has 4 aliphatic heterocycles. The van der Waals surface area contributed by atoms with Gasteiger partial charge in [0.25, 0.3) is 0 Å². The molecule has 4 rings (SSSR count). The van der Waals surface area contributed by atoms with Crippen molar-refractivity contribution in [2.75, 3.05) is 26.9 Å². The predicted molar refractivity (Wildman–Crippen MR) is 149 cm³/mol. The maximum absolute atomic E-state index is 12.5. The molecule has 4 heterocycles. The first-order valence-electron chi connectivity index (χ1n) is 15.3. The number of hydrogen-bond acceptors (Lipinski definition) is 20. The van der Waals surface area contributed by atoms with Gasteiger partial charge in [0.05, 0.1) is 25.9 Å². The van der Waals surface area contributed by atoms with Crippen molar-refractivity contribution in [1.29, 1.82) is 0 Å². The zero-order valence-corrected chi connectivity index (χ0v) is 26.3. The quantitative estimate of drug-likeness (QED) is 0.0949. The number of nitrogens with one attached hydrogen (secondary N) is 1. The largest absolute Gasteiger partial charge is 0.394 e. The number of carbonyl (C=O) groups excluding carboxylic acids is 1. The minimum Gasteiger partial charge on any atom is -0.394 e. The molecule has 12 N–H and O–H groups in total. The van der Waals surface area contributed by atoms with Crippen molar-refractivity contribution >= 4 is 5.91 Å². The van der Waals surface area contributed by atoms with Gasteiger partial charge >= 0.3 is 0 Å². The van der Waals surface area contributed by atoms with Crippen LogP contribution >= 0.6 is 0 Å². The summed E-state index contributed by atoms with van der Waals surface area (Å²) in [6.07, 6.45) is -31.1. The molecule has 0 aromatic heterocycles. The van der Waals surface area contributed by atoms with Crippen LogP contribution in [0.5, 0.6) is 0 Å². The fourth-order valence-corrected chi connectivity index (χ4v) is 6.14. The van der Waals surface area contributed by atoms with Gasteiger partial charge in [0.1, 0.15) is 91.5 Å². The molecule has 0 spiro atoms. The fraction of sp³-hybridized carbons (Fsp3) is 0.963. The zero-order valence-electron chi connectivity index (χ0n) is 26.3. The highest BCUT2D eigenvalue weighted by Crippen LogP contribution is 2.35. The molecule has 1 amide bonds. The molecule has 4 aliphatic rings. The van der Waals surface area contributed by atoms with Gasteiger partial charge in [0, 0.05) is 14.0 Å². The Morgan fingerprint density at radius 2 is 1.10 bits per heavy atom. The Morgan fingerprint density at radius 3 is 1.69 bits per heavy atom. The van der Waals surface area contributed by atoms with E-state index < -0.39 is 148 Å². The van der Waals surface area contributed by atoms with E-state index in [0.717, 1.165) is 6.92 Å². The van der Waals surface area contributed by atoms with E-state index in [1.165, 1.54) is 14.0 Å². The lowest BCUT2D eigenvalue weighted by Gasteiger charge is -2.51. The van der Waals surface area contributed by atoms with Crippen molar-refractivity contribution in [3.8, 4) is 0 Å². The van der Waals surface area contributed by atoms with Crippen LogP contribution in [-0.2, 0) is 42.7 Å². The summed E-state index contributed by atoms with van der Waals surface area (Å²) in [5.74, 6) is -0.737. The number of rotatable bonds is 11. The lowest BCUT2D eigenvalue weighted by Crippen LogP contribution is -2.71. The highest BCUT2D eigenvalue weighted by atomic mass is 16.8. The smallest absolute Gasteiger partial charge is 0.217 e. The summed E-state index contributed by atoms with van der Waals surface area (Å²) in [5, 5.41) is 117. The Bertz CT molecular complexity index is 1030. The van der Waals surface area contributed by atoms with Crippen molar-refractivity contribution < 1.29 is 98.9 Å². The minimum absolute atomic E-state index is 0.737.